The molecular formula is C14H17N3O2S. The molecule has 0 atom stereocenters. The van der Waals surface area contributed by atoms with Crippen LogP contribution in [0.5, 0.6) is 0 Å². The molecule has 6 heteroatoms. The maximum atomic E-state index is 12.9. The van der Waals surface area contributed by atoms with Crippen molar-refractivity contribution in [2.75, 3.05) is 13.1 Å². The standard InChI is InChI=1S/C14H17N3O2S/c15-8-10-17(11-6-7-11)20(18,19)14-5-1-4-13-12(14)3-2-9-16-13/h1-5,9,11H,6-8,10,15H2. The van der Waals surface area contributed by atoms with Gasteiger partial charge in [0, 0.05) is 30.7 Å². The molecule has 0 radical (unpaired) electrons. The van der Waals surface area contributed by atoms with E-state index in [1.54, 1.807) is 30.5 Å². The molecule has 1 aliphatic carbocycles. The number of pyridine rings is 1. The van der Waals surface area contributed by atoms with Crippen LogP contribution in [0.1, 0.15) is 12.8 Å². The smallest absolute Gasteiger partial charge is 0.244 e. The average Bonchev–Trinajstić information content (AvgIpc) is 3.28. The Morgan fingerprint density at radius 3 is 2.75 bits per heavy atom. The average molecular weight is 291 g/mol. The highest BCUT2D eigenvalue weighted by atomic mass is 32.2. The highest BCUT2D eigenvalue weighted by molar-refractivity contribution is 7.89. The Bertz CT molecular complexity index is 721. The zero-order valence-electron chi connectivity index (χ0n) is 11.1. The van der Waals surface area contributed by atoms with Crippen molar-refractivity contribution in [2.24, 2.45) is 5.73 Å². The molecule has 5 nitrogen and oxygen atoms in total. The van der Waals surface area contributed by atoms with E-state index in [4.69, 9.17) is 5.73 Å². The van der Waals surface area contributed by atoms with Crippen molar-refractivity contribution in [3.05, 3.63) is 36.5 Å². The van der Waals surface area contributed by atoms with Crippen LogP contribution < -0.4 is 5.73 Å². The van der Waals surface area contributed by atoms with Crippen LogP contribution in [0, 0.1) is 0 Å². The van der Waals surface area contributed by atoms with Crippen molar-refractivity contribution in [3.63, 3.8) is 0 Å². The minimum atomic E-state index is -3.51. The molecule has 1 aliphatic rings. The highest BCUT2D eigenvalue weighted by Crippen LogP contribution is 2.33. The van der Waals surface area contributed by atoms with E-state index in [1.807, 2.05) is 6.07 Å². The molecule has 1 saturated carbocycles. The van der Waals surface area contributed by atoms with Gasteiger partial charge in [0.25, 0.3) is 0 Å². The fourth-order valence-electron chi connectivity index (χ4n) is 2.42. The molecule has 1 aromatic carbocycles. The highest BCUT2D eigenvalue weighted by Gasteiger charge is 2.38. The first-order valence-electron chi connectivity index (χ1n) is 6.70. The molecule has 1 aromatic heterocycles. The van der Waals surface area contributed by atoms with E-state index >= 15 is 0 Å². The van der Waals surface area contributed by atoms with Gasteiger partial charge in [-0.2, -0.15) is 4.31 Å². The van der Waals surface area contributed by atoms with Gasteiger partial charge in [-0.3, -0.25) is 4.98 Å². The van der Waals surface area contributed by atoms with Crippen LogP contribution in [0.25, 0.3) is 10.9 Å². The van der Waals surface area contributed by atoms with Crippen molar-refractivity contribution in [1.29, 1.82) is 0 Å². The molecule has 0 saturated heterocycles. The van der Waals surface area contributed by atoms with E-state index in [2.05, 4.69) is 4.98 Å². The molecular weight excluding hydrogens is 274 g/mol. The maximum Gasteiger partial charge on any atom is 0.244 e. The van der Waals surface area contributed by atoms with Crippen LogP contribution in [-0.4, -0.2) is 36.8 Å². The summed E-state index contributed by atoms with van der Waals surface area (Å²) in [6.07, 6.45) is 3.50. The van der Waals surface area contributed by atoms with Gasteiger partial charge >= 0.3 is 0 Å². The Hall–Kier alpha value is -1.50. The van der Waals surface area contributed by atoms with Crippen LogP contribution in [-0.2, 0) is 10.0 Å². The molecule has 20 heavy (non-hydrogen) atoms. The summed E-state index contributed by atoms with van der Waals surface area (Å²) in [5.74, 6) is 0. The number of benzene rings is 1. The predicted molar refractivity (Wildman–Crippen MR) is 77.7 cm³/mol. The number of aromatic nitrogens is 1. The summed E-state index contributed by atoms with van der Waals surface area (Å²) in [5, 5.41) is 0.665. The van der Waals surface area contributed by atoms with Gasteiger partial charge in [0.2, 0.25) is 10.0 Å². The molecule has 0 unspecified atom stereocenters. The third-order valence-corrected chi connectivity index (χ3v) is 5.51. The summed E-state index contributed by atoms with van der Waals surface area (Å²) in [6, 6.07) is 8.85. The number of nitrogens with two attached hydrogens (primary N) is 1. The van der Waals surface area contributed by atoms with Gasteiger partial charge in [0.05, 0.1) is 10.4 Å². The second kappa shape index (κ2) is 5.12. The number of sulfonamides is 1. The normalized spacial score (nSPS) is 15.9. The van der Waals surface area contributed by atoms with Gasteiger partial charge in [-0.15, -0.1) is 0 Å². The summed E-state index contributed by atoms with van der Waals surface area (Å²) < 4.78 is 27.3. The SMILES string of the molecule is NCCN(C1CC1)S(=O)(=O)c1cccc2ncccc12. The lowest BCUT2D eigenvalue weighted by Gasteiger charge is -2.21. The number of rotatable bonds is 5. The Labute approximate surface area is 118 Å². The van der Waals surface area contributed by atoms with Gasteiger partial charge in [0.15, 0.2) is 0 Å². The Morgan fingerprint density at radius 1 is 1.25 bits per heavy atom. The van der Waals surface area contributed by atoms with Crippen molar-refractivity contribution >= 4 is 20.9 Å². The van der Waals surface area contributed by atoms with Crippen LogP contribution in [0.4, 0.5) is 0 Å². The van der Waals surface area contributed by atoms with Crippen LogP contribution >= 0.6 is 0 Å². The lowest BCUT2D eigenvalue weighted by atomic mass is 10.2. The third kappa shape index (κ3) is 2.30. The Balaban J connectivity index is 2.13. The van der Waals surface area contributed by atoms with E-state index in [9.17, 15) is 8.42 Å². The van der Waals surface area contributed by atoms with Crippen molar-refractivity contribution in [2.45, 2.75) is 23.8 Å². The van der Waals surface area contributed by atoms with Gasteiger partial charge in [0.1, 0.15) is 0 Å². The van der Waals surface area contributed by atoms with Gasteiger partial charge < -0.3 is 5.73 Å². The molecule has 3 rings (SSSR count). The van der Waals surface area contributed by atoms with E-state index in [-0.39, 0.29) is 6.04 Å². The molecule has 2 aromatic rings. The monoisotopic (exact) mass is 291 g/mol. The molecule has 2 N–H and O–H groups in total. The number of nitrogens with zero attached hydrogens (tertiary/aromatic N) is 2. The first kappa shape index (κ1) is 13.5. The van der Waals surface area contributed by atoms with E-state index in [0.717, 1.165) is 12.8 Å². The fraction of sp³-hybridized carbons (Fsp3) is 0.357. The molecule has 0 bridgehead atoms. The molecule has 0 aliphatic heterocycles. The molecule has 1 fully saturated rings. The first-order valence-corrected chi connectivity index (χ1v) is 8.14. The molecule has 0 spiro atoms. The summed E-state index contributed by atoms with van der Waals surface area (Å²) >= 11 is 0. The zero-order chi connectivity index (χ0) is 14.2. The number of fused-ring (bicyclic) bond motifs is 1. The van der Waals surface area contributed by atoms with Gasteiger partial charge in [-0.05, 0) is 37.1 Å². The minimum Gasteiger partial charge on any atom is -0.329 e. The second-order valence-electron chi connectivity index (χ2n) is 4.96. The topological polar surface area (TPSA) is 76.3 Å². The Morgan fingerprint density at radius 2 is 2.05 bits per heavy atom. The fourth-order valence-corrected chi connectivity index (χ4v) is 4.32. The van der Waals surface area contributed by atoms with Gasteiger partial charge in [-0.25, -0.2) is 8.42 Å². The molecule has 106 valence electrons. The second-order valence-corrected chi connectivity index (χ2v) is 6.82. The number of hydrogen-bond donors (Lipinski definition) is 1. The Kier molecular flexibility index (Phi) is 3.45. The first-order chi connectivity index (χ1) is 9.64. The molecule has 0 amide bonds. The van der Waals surface area contributed by atoms with E-state index < -0.39 is 10.0 Å². The van der Waals surface area contributed by atoms with Crippen molar-refractivity contribution < 1.29 is 8.42 Å². The van der Waals surface area contributed by atoms with Gasteiger partial charge in [-0.1, -0.05) is 6.07 Å². The van der Waals surface area contributed by atoms with Crippen molar-refractivity contribution in [3.8, 4) is 0 Å². The van der Waals surface area contributed by atoms with Crippen LogP contribution in [0.2, 0.25) is 0 Å². The largest absolute Gasteiger partial charge is 0.329 e. The minimum absolute atomic E-state index is 0.107. The zero-order valence-corrected chi connectivity index (χ0v) is 11.9. The quantitative estimate of drug-likeness (QED) is 0.902. The summed E-state index contributed by atoms with van der Waals surface area (Å²) in [7, 11) is -3.51. The maximum absolute atomic E-state index is 12.9. The van der Waals surface area contributed by atoms with E-state index in [1.165, 1.54) is 4.31 Å². The number of hydrogen-bond acceptors (Lipinski definition) is 4. The molecule has 1 heterocycles. The summed E-state index contributed by atoms with van der Waals surface area (Å²) in [6.45, 7) is 0.697. The van der Waals surface area contributed by atoms with Crippen molar-refractivity contribution in [1.82, 2.24) is 9.29 Å². The summed E-state index contributed by atoms with van der Waals surface area (Å²) in [5.41, 5.74) is 6.26. The summed E-state index contributed by atoms with van der Waals surface area (Å²) in [4.78, 5) is 4.54. The van der Waals surface area contributed by atoms with Crippen LogP contribution in [0.3, 0.4) is 0 Å². The predicted octanol–water partition coefficient (Wildman–Crippen LogP) is 1.35. The lowest BCUT2D eigenvalue weighted by molar-refractivity contribution is 0.412. The van der Waals surface area contributed by atoms with E-state index in [0.29, 0.717) is 28.9 Å². The van der Waals surface area contributed by atoms with Crippen LogP contribution in [0.15, 0.2) is 41.4 Å². The third-order valence-electron chi connectivity index (χ3n) is 3.50. The lowest BCUT2D eigenvalue weighted by Crippen LogP contribution is -2.37.